The molecule has 1 aliphatic rings. The minimum Gasteiger partial charge on any atom is -0.441 e. The first-order valence-corrected chi connectivity index (χ1v) is 12.0. The van der Waals surface area contributed by atoms with Gasteiger partial charge in [-0.25, -0.2) is 14.5 Å². The molecule has 4 aromatic heterocycles. The summed E-state index contributed by atoms with van der Waals surface area (Å²) in [5, 5.41) is 13.4. The van der Waals surface area contributed by atoms with Crippen molar-refractivity contribution in [1.82, 2.24) is 29.9 Å². The summed E-state index contributed by atoms with van der Waals surface area (Å²) in [4.78, 5) is 37.6. The van der Waals surface area contributed by atoms with Crippen molar-refractivity contribution in [3.8, 4) is 11.4 Å². The van der Waals surface area contributed by atoms with Crippen molar-refractivity contribution in [3.63, 3.8) is 0 Å². The van der Waals surface area contributed by atoms with E-state index in [9.17, 15) is 14.0 Å². The number of halogens is 1. The quantitative estimate of drug-likeness (QED) is 0.341. The Kier molecular flexibility index (Phi) is 6.77. The second-order valence-electron chi connectivity index (χ2n) is 9.11. The van der Waals surface area contributed by atoms with Crippen molar-refractivity contribution < 1.29 is 18.7 Å². The lowest BCUT2D eigenvalue weighted by Gasteiger charge is -2.15. The predicted octanol–water partition coefficient (Wildman–Crippen LogP) is 4.55. The Bertz CT molecular complexity index is 1480. The molecule has 0 aromatic carbocycles. The molecule has 0 bridgehead atoms. The molecular formula is C26H25FN8O3. The number of hydrogen-bond acceptors (Lipinski definition) is 8. The molecule has 4 heterocycles. The number of carbonyl (C=O) groups excluding carboxylic acids is 2. The van der Waals surface area contributed by atoms with Crippen LogP contribution in [0.15, 0.2) is 48.9 Å². The molecule has 12 heteroatoms. The monoisotopic (exact) mass is 516 g/mol. The number of nitrogens with zero attached hydrogens (tertiary/aromatic N) is 6. The number of nitrogens with one attached hydrogen (secondary N) is 2. The summed E-state index contributed by atoms with van der Waals surface area (Å²) in [7, 11) is 1.59. The van der Waals surface area contributed by atoms with Crippen LogP contribution in [0.25, 0.3) is 11.4 Å². The van der Waals surface area contributed by atoms with Gasteiger partial charge in [-0.15, -0.1) is 5.10 Å². The predicted molar refractivity (Wildman–Crippen MR) is 136 cm³/mol. The molecule has 1 saturated carbocycles. The van der Waals surface area contributed by atoms with Gasteiger partial charge in [-0.05, 0) is 62.6 Å². The maximum Gasteiger partial charge on any atom is 0.413 e. The van der Waals surface area contributed by atoms with Crippen LogP contribution >= 0.6 is 0 Å². The molecule has 11 nitrogen and oxygen atoms in total. The number of aromatic nitrogens is 6. The fourth-order valence-electron chi connectivity index (χ4n) is 3.85. The molecule has 0 aliphatic heterocycles. The number of anilines is 2. The van der Waals surface area contributed by atoms with Crippen LogP contribution in [0.4, 0.5) is 20.7 Å². The second kappa shape index (κ2) is 10.3. The van der Waals surface area contributed by atoms with E-state index in [4.69, 9.17) is 4.74 Å². The Morgan fingerprint density at radius 1 is 1.08 bits per heavy atom. The lowest BCUT2D eigenvalue weighted by Crippen LogP contribution is -2.19. The van der Waals surface area contributed by atoms with Crippen molar-refractivity contribution >= 4 is 23.5 Å². The summed E-state index contributed by atoms with van der Waals surface area (Å²) >= 11 is 0. The lowest BCUT2D eigenvalue weighted by atomic mass is 10.1. The zero-order chi connectivity index (χ0) is 26.8. The molecular weight excluding hydrogens is 491 g/mol. The fraction of sp³-hybridized carbons (Fsp3) is 0.269. The van der Waals surface area contributed by atoms with Crippen molar-refractivity contribution in [2.24, 2.45) is 7.05 Å². The molecule has 194 valence electrons. The van der Waals surface area contributed by atoms with Gasteiger partial charge in [0.1, 0.15) is 6.10 Å². The van der Waals surface area contributed by atoms with E-state index in [1.165, 1.54) is 17.1 Å². The molecule has 1 atom stereocenters. The van der Waals surface area contributed by atoms with Gasteiger partial charge in [0.05, 0.1) is 23.1 Å². The Labute approximate surface area is 217 Å². The van der Waals surface area contributed by atoms with Crippen LogP contribution in [0.3, 0.4) is 0 Å². The molecule has 4 aromatic rings. The van der Waals surface area contributed by atoms with E-state index in [-0.39, 0.29) is 17.3 Å². The highest BCUT2D eigenvalue weighted by atomic mass is 19.1. The topological polar surface area (TPSA) is 137 Å². The summed E-state index contributed by atoms with van der Waals surface area (Å²) in [6.07, 6.45) is 5.03. The molecule has 5 rings (SSSR count). The highest BCUT2D eigenvalue weighted by Crippen LogP contribution is 2.38. The summed E-state index contributed by atoms with van der Waals surface area (Å²) in [5.74, 6) is -0.255. The van der Waals surface area contributed by atoms with Crippen LogP contribution in [0.5, 0.6) is 0 Å². The normalized spacial score (nSPS) is 13.6. The SMILES string of the molecule is Cc1cnc(F)c([C@@H](C)OC(=O)Nc2c(-c3ccc(NC(=O)c4ccc(C5CC5)nc4)cn3)nnn2C)c1. The third-order valence-electron chi connectivity index (χ3n) is 6.08. The third-order valence-corrected chi connectivity index (χ3v) is 6.08. The van der Waals surface area contributed by atoms with Gasteiger partial charge in [-0.3, -0.25) is 20.1 Å². The number of aryl methyl sites for hydroxylation is 2. The van der Waals surface area contributed by atoms with Crippen molar-refractivity contribution in [1.29, 1.82) is 0 Å². The van der Waals surface area contributed by atoms with Crippen molar-refractivity contribution in [2.45, 2.75) is 38.7 Å². The van der Waals surface area contributed by atoms with Gasteiger partial charge < -0.3 is 10.1 Å². The Morgan fingerprint density at radius 3 is 2.58 bits per heavy atom. The number of carbonyl (C=O) groups is 2. The average Bonchev–Trinajstić information content (AvgIpc) is 3.70. The molecule has 38 heavy (non-hydrogen) atoms. The smallest absolute Gasteiger partial charge is 0.413 e. The van der Waals surface area contributed by atoms with Crippen LogP contribution in [0.2, 0.25) is 0 Å². The summed E-state index contributed by atoms with van der Waals surface area (Å²) in [5.41, 5.74) is 3.54. The van der Waals surface area contributed by atoms with E-state index in [1.54, 1.807) is 51.4 Å². The number of ether oxygens (including phenoxy) is 1. The van der Waals surface area contributed by atoms with Crippen LogP contribution in [0, 0.1) is 12.9 Å². The van der Waals surface area contributed by atoms with Crippen LogP contribution in [0.1, 0.15) is 59.0 Å². The highest BCUT2D eigenvalue weighted by molar-refractivity contribution is 6.04. The fourth-order valence-corrected chi connectivity index (χ4v) is 3.85. The summed E-state index contributed by atoms with van der Waals surface area (Å²) in [6, 6.07) is 8.52. The molecule has 0 spiro atoms. The first kappa shape index (κ1) is 24.9. The maximum atomic E-state index is 14.1. The van der Waals surface area contributed by atoms with E-state index < -0.39 is 18.1 Å². The zero-order valence-electron chi connectivity index (χ0n) is 21.0. The van der Waals surface area contributed by atoms with E-state index >= 15 is 0 Å². The highest BCUT2D eigenvalue weighted by Gasteiger charge is 2.25. The zero-order valence-corrected chi connectivity index (χ0v) is 21.0. The van der Waals surface area contributed by atoms with Gasteiger partial charge in [0.25, 0.3) is 5.91 Å². The van der Waals surface area contributed by atoms with Gasteiger partial charge in [0.15, 0.2) is 11.5 Å². The number of pyridine rings is 3. The average molecular weight is 517 g/mol. The molecule has 2 N–H and O–H groups in total. The second-order valence-corrected chi connectivity index (χ2v) is 9.11. The van der Waals surface area contributed by atoms with Crippen molar-refractivity contribution in [3.05, 3.63) is 77.3 Å². The van der Waals surface area contributed by atoms with Gasteiger partial charge in [0, 0.05) is 36.6 Å². The third kappa shape index (κ3) is 5.48. The van der Waals surface area contributed by atoms with Crippen LogP contribution in [-0.4, -0.2) is 41.9 Å². The van der Waals surface area contributed by atoms with Gasteiger partial charge >= 0.3 is 6.09 Å². The minimum atomic E-state index is -0.881. The molecule has 0 saturated heterocycles. The summed E-state index contributed by atoms with van der Waals surface area (Å²) in [6.45, 7) is 3.32. The maximum absolute atomic E-state index is 14.1. The largest absolute Gasteiger partial charge is 0.441 e. The Morgan fingerprint density at radius 2 is 1.89 bits per heavy atom. The first-order valence-electron chi connectivity index (χ1n) is 12.0. The van der Waals surface area contributed by atoms with Gasteiger partial charge in [0.2, 0.25) is 5.95 Å². The first-order chi connectivity index (χ1) is 18.3. The van der Waals surface area contributed by atoms with E-state index in [1.807, 2.05) is 6.07 Å². The van der Waals surface area contributed by atoms with Gasteiger partial charge in [-0.1, -0.05) is 5.21 Å². The number of amides is 2. The number of hydrogen-bond donors (Lipinski definition) is 2. The molecule has 2 amide bonds. The molecule has 0 unspecified atom stereocenters. The summed E-state index contributed by atoms with van der Waals surface area (Å²) < 4.78 is 20.8. The van der Waals surface area contributed by atoms with E-state index in [0.717, 1.165) is 24.1 Å². The standard InChI is InChI=1S/C26H25FN8O3/c1-14-10-19(23(27)30-11-14)15(2)38-26(37)32-24-22(33-34-35(24)3)21-9-7-18(13-29-21)31-25(36)17-6-8-20(28-12-17)16-4-5-16/h6-13,15-16H,4-5H2,1-3H3,(H,31,36)(H,32,37)/t15-/m1/s1. The minimum absolute atomic E-state index is 0.164. The van der Waals surface area contributed by atoms with Gasteiger partial charge in [-0.2, -0.15) is 4.39 Å². The van der Waals surface area contributed by atoms with E-state index in [0.29, 0.717) is 28.6 Å². The van der Waals surface area contributed by atoms with Crippen LogP contribution in [-0.2, 0) is 11.8 Å². The Balaban J connectivity index is 1.24. The molecule has 1 fully saturated rings. The van der Waals surface area contributed by atoms with Crippen molar-refractivity contribution in [2.75, 3.05) is 10.6 Å². The lowest BCUT2D eigenvalue weighted by molar-refractivity contribution is 0.102. The van der Waals surface area contributed by atoms with Crippen LogP contribution < -0.4 is 10.6 Å². The van der Waals surface area contributed by atoms with E-state index in [2.05, 4.69) is 35.9 Å². The molecule has 1 aliphatic carbocycles. The number of rotatable bonds is 7. The molecule has 0 radical (unpaired) electrons. The Hall–Kier alpha value is -4.74.